The Kier molecular flexibility index (Phi) is 4.95. The lowest BCUT2D eigenvalue weighted by atomic mass is 10.2. The number of esters is 1. The first-order valence-electron chi connectivity index (χ1n) is 6.44. The number of rotatable bonds is 6. The molecule has 4 nitrogen and oxygen atoms in total. The highest BCUT2D eigenvalue weighted by molar-refractivity contribution is 5.72. The molecule has 0 heterocycles. The van der Waals surface area contributed by atoms with Gasteiger partial charge in [-0.05, 0) is 47.6 Å². The molecule has 0 aromatic heterocycles. The summed E-state index contributed by atoms with van der Waals surface area (Å²) in [6.07, 6.45) is 2.62. The topological polar surface area (TPSA) is 41.6 Å². The molecular weight excluding hydrogens is 216 g/mol. The summed E-state index contributed by atoms with van der Waals surface area (Å²) >= 11 is 0. The van der Waals surface area contributed by atoms with E-state index in [-0.39, 0.29) is 5.97 Å². The van der Waals surface area contributed by atoms with Crippen molar-refractivity contribution < 1.29 is 9.53 Å². The Morgan fingerprint density at radius 2 is 2.06 bits per heavy atom. The van der Waals surface area contributed by atoms with Crippen LogP contribution < -0.4 is 5.32 Å². The summed E-state index contributed by atoms with van der Waals surface area (Å²) in [6, 6.07) is 1.22. The molecule has 1 aliphatic rings. The third-order valence-electron chi connectivity index (χ3n) is 2.95. The van der Waals surface area contributed by atoms with E-state index < -0.39 is 5.60 Å². The van der Waals surface area contributed by atoms with E-state index in [2.05, 4.69) is 24.2 Å². The second kappa shape index (κ2) is 5.83. The predicted octanol–water partition coefficient (Wildman–Crippen LogP) is 1.40. The number of hydrogen-bond donors (Lipinski definition) is 1. The fourth-order valence-electron chi connectivity index (χ4n) is 1.75. The smallest absolute Gasteiger partial charge is 0.320 e. The summed E-state index contributed by atoms with van der Waals surface area (Å²) in [6.45, 7) is 8.95. The lowest BCUT2D eigenvalue weighted by Crippen LogP contribution is -2.41. The molecule has 1 N–H and O–H groups in total. The summed E-state index contributed by atoms with van der Waals surface area (Å²) in [5.74, 6) is -0.182. The Balaban J connectivity index is 2.12. The molecule has 0 radical (unpaired) electrons. The van der Waals surface area contributed by atoms with Crippen LogP contribution in [-0.4, -0.2) is 48.7 Å². The van der Waals surface area contributed by atoms with E-state index in [1.165, 1.54) is 12.8 Å². The summed E-state index contributed by atoms with van der Waals surface area (Å²) in [7, 11) is 2.15. The van der Waals surface area contributed by atoms with E-state index in [0.717, 1.165) is 12.6 Å². The molecule has 0 aromatic carbocycles. The van der Waals surface area contributed by atoms with Gasteiger partial charge in [-0.2, -0.15) is 0 Å². The van der Waals surface area contributed by atoms with Crippen molar-refractivity contribution in [3.8, 4) is 0 Å². The van der Waals surface area contributed by atoms with Crippen LogP contribution in [0.2, 0.25) is 0 Å². The Morgan fingerprint density at radius 1 is 1.47 bits per heavy atom. The van der Waals surface area contributed by atoms with E-state index >= 15 is 0 Å². The second-order valence-electron chi connectivity index (χ2n) is 5.96. The number of hydrogen-bond acceptors (Lipinski definition) is 4. The molecule has 0 aliphatic heterocycles. The predicted molar refractivity (Wildman–Crippen MR) is 69.0 cm³/mol. The van der Waals surface area contributed by atoms with Crippen LogP contribution in [0.3, 0.4) is 0 Å². The highest BCUT2D eigenvalue weighted by Crippen LogP contribution is 2.26. The van der Waals surface area contributed by atoms with Gasteiger partial charge in [0.05, 0.1) is 6.54 Å². The first kappa shape index (κ1) is 14.5. The minimum atomic E-state index is -0.394. The largest absolute Gasteiger partial charge is 0.459 e. The van der Waals surface area contributed by atoms with Gasteiger partial charge in [0, 0.05) is 18.6 Å². The molecule has 1 aliphatic carbocycles. The van der Waals surface area contributed by atoms with E-state index in [4.69, 9.17) is 4.74 Å². The average Bonchev–Trinajstić information content (AvgIpc) is 2.96. The standard InChI is InChI=1S/C13H26N2O2/c1-10(15(5)11-6-7-11)8-14-9-12(16)17-13(2,3)4/h10-11,14H,6-9H2,1-5H3. The van der Waals surface area contributed by atoms with E-state index in [9.17, 15) is 4.79 Å². The molecule has 0 saturated heterocycles. The van der Waals surface area contributed by atoms with Crippen LogP contribution in [0.25, 0.3) is 0 Å². The van der Waals surface area contributed by atoms with Crippen LogP contribution in [0.4, 0.5) is 0 Å². The van der Waals surface area contributed by atoms with Gasteiger partial charge in [-0.1, -0.05) is 0 Å². The molecule has 100 valence electrons. The number of ether oxygens (including phenoxy) is 1. The summed E-state index contributed by atoms with van der Waals surface area (Å²) < 4.78 is 5.22. The van der Waals surface area contributed by atoms with Crippen LogP contribution in [0.1, 0.15) is 40.5 Å². The van der Waals surface area contributed by atoms with Gasteiger partial charge in [0.2, 0.25) is 0 Å². The molecule has 0 bridgehead atoms. The fraction of sp³-hybridized carbons (Fsp3) is 0.923. The van der Waals surface area contributed by atoms with Gasteiger partial charge in [-0.3, -0.25) is 9.69 Å². The van der Waals surface area contributed by atoms with Gasteiger partial charge < -0.3 is 10.1 Å². The maximum absolute atomic E-state index is 11.5. The Bertz CT molecular complexity index is 257. The minimum absolute atomic E-state index is 0.182. The van der Waals surface area contributed by atoms with E-state index in [1.807, 2.05) is 20.8 Å². The fourth-order valence-corrected chi connectivity index (χ4v) is 1.75. The highest BCUT2D eigenvalue weighted by Gasteiger charge is 2.28. The minimum Gasteiger partial charge on any atom is -0.459 e. The van der Waals surface area contributed by atoms with Gasteiger partial charge in [0.25, 0.3) is 0 Å². The van der Waals surface area contributed by atoms with E-state index in [1.54, 1.807) is 0 Å². The van der Waals surface area contributed by atoms with Crippen molar-refractivity contribution in [3.63, 3.8) is 0 Å². The van der Waals surface area contributed by atoms with Crippen LogP contribution >= 0.6 is 0 Å². The molecular formula is C13H26N2O2. The number of carbonyl (C=O) groups is 1. The lowest BCUT2D eigenvalue weighted by molar-refractivity contribution is -0.153. The van der Waals surface area contributed by atoms with Crippen molar-refractivity contribution in [1.29, 1.82) is 0 Å². The SMILES string of the molecule is CC(CNCC(=O)OC(C)(C)C)N(C)C1CC1. The van der Waals surface area contributed by atoms with E-state index in [0.29, 0.717) is 12.6 Å². The van der Waals surface area contributed by atoms with Crippen molar-refractivity contribution in [1.82, 2.24) is 10.2 Å². The van der Waals surface area contributed by atoms with Gasteiger partial charge >= 0.3 is 5.97 Å². The van der Waals surface area contributed by atoms with Gasteiger partial charge in [0.1, 0.15) is 5.60 Å². The summed E-state index contributed by atoms with van der Waals surface area (Å²) in [5, 5.41) is 3.15. The van der Waals surface area contributed by atoms with Crippen LogP contribution in [0, 0.1) is 0 Å². The molecule has 1 unspecified atom stereocenters. The molecule has 1 fully saturated rings. The molecule has 1 atom stereocenters. The summed E-state index contributed by atoms with van der Waals surface area (Å²) in [5.41, 5.74) is -0.394. The maximum atomic E-state index is 11.5. The zero-order valence-corrected chi connectivity index (χ0v) is 11.7. The van der Waals surface area contributed by atoms with Crippen molar-refractivity contribution in [2.24, 2.45) is 0 Å². The lowest BCUT2D eigenvalue weighted by Gasteiger charge is -2.25. The Morgan fingerprint density at radius 3 is 2.53 bits per heavy atom. The molecule has 0 spiro atoms. The van der Waals surface area contributed by atoms with Crippen molar-refractivity contribution in [2.45, 2.75) is 58.2 Å². The van der Waals surface area contributed by atoms with Crippen LogP contribution in [0.5, 0.6) is 0 Å². The molecule has 1 rings (SSSR count). The zero-order valence-electron chi connectivity index (χ0n) is 11.7. The average molecular weight is 242 g/mol. The van der Waals surface area contributed by atoms with Crippen molar-refractivity contribution in [2.75, 3.05) is 20.1 Å². The zero-order chi connectivity index (χ0) is 13.1. The highest BCUT2D eigenvalue weighted by atomic mass is 16.6. The second-order valence-corrected chi connectivity index (χ2v) is 5.96. The Hall–Kier alpha value is -0.610. The number of nitrogens with one attached hydrogen (secondary N) is 1. The summed E-state index contributed by atoms with van der Waals surface area (Å²) in [4.78, 5) is 13.8. The van der Waals surface area contributed by atoms with Gasteiger partial charge in [-0.15, -0.1) is 0 Å². The number of carbonyl (C=O) groups excluding carboxylic acids is 1. The van der Waals surface area contributed by atoms with Crippen LogP contribution in [-0.2, 0) is 9.53 Å². The molecule has 1 saturated carbocycles. The number of likely N-dealkylation sites (N-methyl/N-ethyl adjacent to an activating group) is 1. The first-order valence-corrected chi connectivity index (χ1v) is 6.44. The maximum Gasteiger partial charge on any atom is 0.320 e. The van der Waals surface area contributed by atoms with Gasteiger partial charge in [-0.25, -0.2) is 0 Å². The molecule has 4 heteroatoms. The van der Waals surface area contributed by atoms with Crippen molar-refractivity contribution >= 4 is 5.97 Å². The quantitative estimate of drug-likeness (QED) is 0.715. The molecule has 0 amide bonds. The Labute approximate surface area is 105 Å². The number of nitrogens with zero attached hydrogens (tertiary/aromatic N) is 1. The monoisotopic (exact) mass is 242 g/mol. The molecule has 17 heavy (non-hydrogen) atoms. The van der Waals surface area contributed by atoms with Crippen molar-refractivity contribution in [3.05, 3.63) is 0 Å². The third kappa shape index (κ3) is 6.03. The normalized spacial score (nSPS) is 18.2. The first-order chi connectivity index (χ1) is 7.79. The molecule has 0 aromatic rings. The van der Waals surface area contributed by atoms with Gasteiger partial charge in [0.15, 0.2) is 0 Å². The van der Waals surface area contributed by atoms with Crippen LogP contribution in [0.15, 0.2) is 0 Å². The third-order valence-corrected chi connectivity index (χ3v) is 2.95.